The summed E-state index contributed by atoms with van der Waals surface area (Å²) in [7, 11) is 0. The van der Waals surface area contributed by atoms with Gasteiger partial charge in [-0.15, -0.1) is 0 Å². The van der Waals surface area contributed by atoms with E-state index in [9.17, 15) is 0 Å². The maximum Gasteiger partial charge on any atom is 0.231 e. The fraction of sp³-hybridized carbons (Fsp3) is 0.538. The Balaban J connectivity index is 1.88. The fourth-order valence-corrected chi connectivity index (χ4v) is 1.51. The lowest BCUT2D eigenvalue weighted by molar-refractivity contribution is 0.173. The van der Waals surface area contributed by atoms with E-state index in [2.05, 4.69) is 13.8 Å². The molecule has 2 rings (SSSR count). The second-order valence-electron chi connectivity index (χ2n) is 4.98. The molecule has 1 aromatic carbocycles. The Morgan fingerprint density at radius 1 is 1.29 bits per heavy atom. The summed E-state index contributed by atoms with van der Waals surface area (Å²) in [6.07, 6.45) is 0.929. The first kappa shape index (κ1) is 12.0. The van der Waals surface area contributed by atoms with Crippen molar-refractivity contribution in [1.82, 2.24) is 0 Å². The molecule has 0 aromatic heterocycles. The molecule has 0 fully saturated rings. The SMILES string of the molecule is CC(C)(CN)CCOc1ccc2c(c1)OCO2. The van der Waals surface area contributed by atoms with Crippen LogP contribution in [0.3, 0.4) is 0 Å². The largest absolute Gasteiger partial charge is 0.493 e. The van der Waals surface area contributed by atoms with Crippen LogP contribution in [0.2, 0.25) is 0 Å². The fourth-order valence-electron chi connectivity index (χ4n) is 1.51. The van der Waals surface area contributed by atoms with Crippen LogP contribution in [0.1, 0.15) is 20.3 Å². The number of hydrogen-bond donors (Lipinski definition) is 1. The van der Waals surface area contributed by atoms with Crippen LogP contribution in [0.5, 0.6) is 17.2 Å². The highest BCUT2D eigenvalue weighted by Gasteiger charge is 2.16. The zero-order valence-electron chi connectivity index (χ0n) is 10.4. The lowest BCUT2D eigenvalue weighted by Gasteiger charge is -2.22. The molecule has 0 saturated heterocycles. The summed E-state index contributed by atoms with van der Waals surface area (Å²) in [5.74, 6) is 2.34. The van der Waals surface area contributed by atoms with Crippen LogP contribution in [0.4, 0.5) is 0 Å². The van der Waals surface area contributed by atoms with Crippen LogP contribution in [-0.4, -0.2) is 19.9 Å². The normalized spacial score (nSPS) is 13.8. The van der Waals surface area contributed by atoms with Crippen LogP contribution >= 0.6 is 0 Å². The molecule has 4 nitrogen and oxygen atoms in total. The highest BCUT2D eigenvalue weighted by atomic mass is 16.7. The van der Waals surface area contributed by atoms with Gasteiger partial charge in [-0.3, -0.25) is 0 Å². The summed E-state index contributed by atoms with van der Waals surface area (Å²) in [5.41, 5.74) is 5.79. The molecule has 17 heavy (non-hydrogen) atoms. The number of rotatable bonds is 5. The van der Waals surface area contributed by atoms with Crippen LogP contribution in [0.15, 0.2) is 18.2 Å². The quantitative estimate of drug-likeness (QED) is 0.852. The van der Waals surface area contributed by atoms with Gasteiger partial charge in [0.1, 0.15) is 5.75 Å². The molecule has 0 spiro atoms. The van der Waals surface area contributed by atoms with E-state index in [0.717, 1.165) is 23.7 Å². The Kier molecular flexibility index (Phi) is 3.43. The Hall–Kier alpha value is -1.42. The van der Waals surface area contributed by atoms with E-state index >= 15 is 0 Å². The third-order valence-electron chi connectivity index (χ3n) is 2.94. The minimum atomic E-state index is 0.121. The average Bonchev–Trinajstić information content (AvgIpc) is 2.76. The van der Waals surface area contributed by atoms with Gasteiger partial charge in [-0.25, -0.2) is 0 Å². The number of hydrogen-bond acceptors (Lipinski definition) is 4. The van der Waals surface area contributed by atoms with Crippen molar-refractivity contribution in [3.05, 3.63) is 18.2 Å². The molecule has 1 aliphatic heterocycles. The third kappa shape index (κ3) is 3.03. The first-order valence-electron chi connectivity index (χ1n) is 5.83. The van der Waals surface area contributed by atoms with Crippen molar-refractivity contribution >= 4 is 0 Å². The second-order valence-corrected chi connectivity index (χ2v) is 4.98. The summed E-state index contributed by atoms with van der Waals surface area (Å²) < 4.78 is 16.2. The highest BCUT2D eigenvalue weighted by Crippen LogP contribution is 2.35. The van der Waals surface area contributed by atoms with Crippen molar-refractivity contribution < 1.29 is 14.2 Å². The number of ether oxygens (including phenoxy) is 3. The summed E-state index contributed by atoms with van der Waals surface area (Å²) in [5, 5.41) is 0. The molecule has 94 valence electrons. The first-order chi connectivity index (χ1) is 8.11. The highest BCUT2D eigenvalue weighted by molar-refractivity contribution is 5.46. The second kappa shape index (κ2) is 4.84. The molecule has 0 bridgehead atoms. The zero-order valence-corrected chi connectivity index (χ0v) is 10.4. The Morgan fingerprint density at radius 2 is 2.06 bits per heavy atom. The molecule has 0 unspecified atom stereocenters. The van der Waals surface area contributed by atoms with Crippen LogP contribution in [0.25, 0.3) is 0 Å². The maximum absolute atomic E-state index is 5.68. The van der Waals surface area contributed by atoms with Gasteiger partial charge in [0, 0.05) is 6.07 Å². The topological polar surface area (TPSA) is 53.7 Å². The molecule has 0 aliphatic carbocycles. The third-order valence-corrected chi connectivity index (χ3v) is 2.94. The Bertz CT molecular complexity index is 390. The maximum atomic E-state index is 5.68. The minimum absolute atomic E-state index is 0.121. The van der Waals surface area contributed by atoms with E-state index in [1.807, 2.05) is 18.2 Å². The summed E-state index contributed by atoms with van der Waals surface area (Å²) in [4.78, 5) is 0. The molecule has 0 amide bonds. The number of nitrogens with two attached hydrogens (primary N) is 1. The average molecular weight is 237 g/mol. The molecule has 1 heterocycles. The van der Waals surface area contributed by atoms with Crippen LogP contribution in [-0.2, 0) is 0 Å². The monoisotopic (exact) mass is 237 g/mol. The Labute approximate surface area is 102 Å². The lowest BCUT2D eigenvalue weighted by atomic mass is 9.90. The number of benzene rings is 1. The molecular formula is C13H19NO3. The predicted octanol–water partition coefficient (Wildman–Crippen LogP) is 2.17. The molecule has 0 saturated carbocycles. The molecule has 0 radical (unpaired) electrons. The van der Waals surface area contributed by atoms with Gasteiger partial charge in [-0.2, -0.15) is 0 Å². The van der Waals surface area contributed by atoms with Gasteiger partial charge < -0.3 is 19.9 Å². The van der Waals surface area contributed by atoms with Crippen LogP contribution < -0.4 is 19.9 Å². The van der Waals surface area contributed by atoms with E-state index in [0.29, 0.717) is 19.9 Å². The van der Waals surface area contributed by atoms with Gasteiger partial charge in [-0.1, -0.05) is 13.8 Å². The van der Waals surface area contributed by atoms with Gasteiger partial charge in [-0.05, 0) is 30.5 Å². The van der Waals surface area contributed by atoms with Gasteiger partial charge in [0.2, 0.25) is 6.79 Å². The minimum Gasteiger partial charge on any atom is -0.493 e. The van der Waals surface area contributed by atoms with E-state index in [4.69, 9.17) is 19.9 Å². The summed E-state index contributed by atoms with van der Waals surface area (Å²) in [6.45, 7) is 5.88. The van der Waals surface area contributed by atoms with Gasteiger partial charge >= 0.3 is 0 Å². The van der Waals surface area contributed by atoms with Gasteiger partial charge in [0.25, 0.3) is 0 Å². The molecule has 2 N–H and O–H groups in total. The van der Waals surface area contributed by atoms with Crippen molar-refractivity contribution in [2.45, 2.75) is 20.3 Å². The van der Waals surface area contributed by atoms with Crippen molar-refractivity contribution in [1.29, 1.82) is 0 Å². The summed E-state index contributed by atoms with van der Waals surface area (Å²) in [6, 6.07) is 5.62. The number of fused-ring (bicyclic) bond motifs is 1. The zero-order chi connectivity index (χ0) is 12.3. The van der Waals surface area contributed by atoms with Gasteiger partial charge in [0.05, 0.1) is 6.61 Å². The van der Waals surface area contributed by atoms with E-state index < -0.39 is 0 Å². The Morgan fingerprint density at radius 3 is 2.82 bits per heavy atom. The molecule has 1 aromatic rings. The smallest absolute Gasteiger partial charge is 0.231 e. The molecule has 1 aliphatic rings. The molecule has 4 heteroatoms. The van der Waals surface area contributed by atoms with E-state index in [1.54, 1.807) is 0 Å². The van der Waals surface area contributed by atoms with Crippen LogP contribution in [0, 0.1) is 5.41 Å². The van der Waals surface area contributed by atoms with Crippen molar-refractivity contribution in [3.8, 4) is 17.2 Å². The van der Waals surface area contributed by atoms with E-state index in [1.165, 1.54) is 0 Å². The van der Waals surface area contributed by atoms with Crippen molar-refractivity contribution in [3.63, 3.8) is 0 Å². The van der Waals surface area contributed by atoms with Crippen molar-refractivity contribution in [2.75, 3.05) is 19.9 Å². The first-order valence-corrected chi connectivity index (χ1v) is 5.83. The van der Waals surface area contributed by atoms with Crippen molar-refractivity contribution in [2.24, 2.45) is 11.1 Å². The predicted molar refractivity (Wildman–Crippen MR) is 65.5 cm³/mol. The lowest BCUT2D eigenvalue weighted by Crippen LogP contribution is -2.25. The van der Waals surface area contributed by atoms with E-state index in [-0.39, 0.29) is 5.41 Å². The summed E-state index contributed by atoms with van der Waals surface area (Å²) >= 11 is 0. The standard InChI is InChI=1S/C13H19NO3/c1-13(2,8-14)5-6-15-10-3-4-11-12(7-10)17-9-16-11/h3-4,7H,5-6,8-9,14H2,1-2H3. The molecule has 0 atom stereocenters. The molecular weight excluding hydrogens is 218 g/mol. The van der Waals surface area contributed by atoms with Gasteiger partial charge in [0.15, 0.2) is 11.5 Å².